The number of aryl methyl sites for hydroxylation is 1. The van der Waals surface area contributed by atoms with E-state index < -0.39 is 0 Å². The van der Waals surface area contributed by atoms with Gasteiger partial charge in [-0.1, -0.05) is 0 Å². The van der Waals surface area contributed by atoms with Crippen LogP contribution in [0.3, 0.4) is 0 Å². The van der Waals surface area contributed by atoms with Gasteiger partial charge >= 0.3 is 0 Å². The van der Waals surface area contributed by atoms with Gasteiger partial charge in [-0.05, 0) is 36.4 Å². The summed E-state index contributed by atoms with van der Waals surface area (Å²) in [6, 6.07) is 0. The summed E-state index contributed by atoms with van der Waals surface area (Å²) in [5, 5.41) is 3.04. The maximum atomic E-state index is 5.18. The van der Waals surface area contributed by atoms with Gasteiger partial charge in [-0.2, -0.15) is 0 Å². The van der Waals surface area contributed by atoms with Gasteiger partial charge in [0.05, 0.1) is 9.26 Å². The highest BCUT2D eigenvalue weighted by Gasteiger charge is 2.12. The molecule has 0 fully saturated rings. The zero-order valence-corrected chi connectivity index (χ0v) is 10.9. The lowest BCUT2D eigenvalue weighted by Crippen LogP contribution is -2.09. The van der Waals surface area contributed by atoms with Crippen LogP contribution in [0.5, 0.6) is 0 Å². The van der Waals surface area contributed by atoms with E-state index in [9.17, 15) is 0 Å². The van der Waals surface area contributed by atoms with Crippen molar-refractivity contribution in [1.82, 2.24) is 9.97 Å². The number of ether oxygens (including phenoxy) is 1. The Morgan fingerprint density at radius 1 is 1.43 bits per heavy atom. The summed E-state index contributed by atoms with van der Waals surface area (Å²) in [4.78, 5) is 8.74. The van der Waals surface area contributed by atoms with Gasteiger partial charge in [0.15, 0.2) is 5.82 Å². The smallest absolute Gasteiger partial charge is 0.159 e. The highest BCUT2D eigenvalue weighted by atomic mass is 127. The minimum absolute atomic E-state index is 0.0715. The molecule has 1 atom stereocenters. The summed E-state index contributed by atoms with van der Waals surface area (Å²) in [6.45, 7) is 3.90. The SMILES string of the molecule is CNc1nc(C(C)OC)nc(C)c1I. The Balaban J connectivity index is 3.16. The van der Waals surface area contributed by atoms with Crippen molar-refractivity contribution in [3.05, 3.63) is 15.1 Å². The average molecular weight is 307 g/mol. The van der Waals surface area contributed by atoms with E-state index in [1.165, 1.54) is 0 Å². The Hall–Kier alpha value is -0.430. The predicted octanol–water partition coefficient (Wildman–Crippen LogP) is 2.14. The molecule has 0 aliphatic heterocycles. The van der Waals surface area contributed by atoms with Crippen molar-refractivity contribution in [2.75, 3.05) is 19.5 Å². The maximum absolute atomic E-state index is 5.18. The normalized spacial score (nSPS) is 12.6. The first-order valence-corrected chi connectivity index (χ1v) is 5.42. The molecular formula is C9H14IN3O. The van der Waals surface area contributed by atoms with Crippen molar-refractivity contribution >= 4 is 28.4 Å². The van der Waals surface area contributed by atoms with Gasteiger partial charge in [-0.15, -0.1) is 0 Å². The molecule has 0 aromatic carbocycles. The minimum Gasteiger partial charge on any atom is -0.374 e. The molecule has 1 N–H and O–H groups in total. The molecule has 0 spiro atoms. The molecule has 14 heavy (non-hydrogen) atoms. The first-order valence-electron chi connectivity index (χ1n) is 4.34. The average Bonchev–Trinajstić information content (AvgIpc) is 2.20. The third-order valence-electron chi connectivity index (χ3n) is 1.99. The molecule has 1 heterocycles. The molecule has 78 valence electrons. The third kappa shape index (κ3) is 2.33. The van der Waals surface area contributed by atoms with Gasteiger partial charge in [-0.25, -0.2) is 9.97 Å². The van der Waals surface area contributed by atoms with Crippen LogP contribution in [0.25, 0.3) is 0 Å². The van der Waals surface area contributed by atoms with Crippen LogP contribution in [0, 0.1) is 10.5 Å². The van der Waals surface area contributed by atoms with Gasteiger partial charge in [0, 0.05) is 14.2 Å². The van der Waals surface area contributed by atoms with Gasteiger partial charge in [0.2, 0.25) is 0 Å². The second-order valence-corrected chi connectivity index (χ2v) is 4.04. The number of halogens is 1. The highest BCUT2D eigenvalue weighted by Crippen LogP contribution is 2.21. The Kier molecular flexibility index (Phi) is 4.06. The second kappa shape index (κ2) is 4.88. The molecule has 0 saturated heterocycles. The molecule has 5 heteroatoms. The molecule has 1 aromatic rings. The summed E-state index contributed by atoms with van der Waals surface area (Å²) in [5.74, 6) is 1.58. The molecule has 0 aliphatic rings. The van der Waals surface area contributed by atoms with Crippen LogP contribution in [-0.2, 0) is 4.74 Å². The summed E-state index contributed by atoms with van der Waals surface area (Å²) in [5.41, 5.74) is 0.976. The molecular weight excluding hydrogens is 293 g/mol. The molecule has 0 radical (unpaired) electrons. The van der Waals surface area contributed by atoms with E-state index in [1.54, 1.807) is 7.11 Å². The van der Waals surface area contributed by atoms with Gasteiger partial charge in [0.25, 0.3) is 0 Å². The standard InChI is InChI=1S/C9H14IN3O/c1-5-7(10)9(11-3)13-8(12-5)6(2)14-4/h6H,1-4H3,(H,11,12,13). The van der Waals surface area contributed by atoms with E-state index in [0.29, 0.717) is 0 Å². The molecule has 0 aliphatic carbocycles. The van der Waals surface area contributed by atoms with Crippen molar-refractivity contribution in [2.24, 2.45) is 0 Å². The van der Waals surface area contributed by atoms with E-state index in [0.717, 1.165) is 20.9 Å². The fourth-order valence-electron chi connectivity index (χ4n) is 1.03. The van der Waals surface area contributed by atoms with E-state index in [-0.39, 0.29) is 6.10 Å². The number of methoxy groups -OCH3 is 1. The van der Waals surface area contributed by atoms with Crippen LogP contribution in [0.2, 0.25) is 0 Å². The Morgan fingerprint density at radius 3 is 2.57 bits per heavy atom. The van der Waals surface area contributed by atoms with Gasteiger partial charge in [-0.3, -0.25) is 0 Å². The quantitative estimate of drug-likeness (QED) is 0.869. The van der Waals surface area contributed by atoms with E-state index in [1.807, 2.05) is 20.9 Å². The van der Waals surface area contributed by atoms with E-state index in [2.05, 4.69) is 37.9 Å². The van der Waals surface area contributed by atoms with Crippen LogP contribution in [0.1, 0.15) is 24.5 Å². The zero-order valence-electron chi connectivity index (χ0n) is 8.76. The monoisotopic (exact) mass is 307 g/mol. The summed E-state index contributed by atoms with van der Waals surface area (Å²) in [6.07, 6.45) is -0.0715. The highest BCUT2D eigenvalue weighted by molar-refractivity contribution is 14.1. The number of nitrogens with one attached hydrogen (secondary N) is 1. The first-order chi connectivity index (χ1) is 6.60. The predicted molar refractivity (Wildman–Crippen MR) is 64.5 cm³/mol. The molecule has 0 saturated carbocycles. The van der Waals surface area contributed by atoms with Crippen molar-refractivity contribution < 1.29 is 4.74 Å². The fraction of sp³-hybridized carbons (Fsp3) is 0.556. The summed E-state index contributed by atoms with van der Waals surface area (Å²) < 4.78 is 6.23. The van der Waals surface area contributed by atoms with Crippen molar-refractivity contribution in [3.63, 3.8) is 0 Å². The van der Waals surface area contributed by atoms with Crippen LogP contribution >= 0.6 is 22.6 Å². The van der Waals surface area contributed by atoms with Crippen molar-refractivity contribution in [3.8, 4) is 0 Å². The third-order valence-corrected chi connectivity index (χ3v) is 3.28. The lowest BCUT2D eigenvalue weighted by atomic mass is 10.3. The van der Waals surface area contributed by atoms with Crippen LogP contribution in [0.15, 0.2) is 0 Å². The fourth-order valence-corrected chi connectivity index (χ4v) is 1.54. The molecule has 1 rings (SSSR count). The number of nitrogens with zero attached hydrogens (tertiary/aromatic N) is 2. The molecule has 1 aromatic heterocycles. The van der Waals surface area contributed by atoms with Crippen molar-refractivity contribution in [2.45, 2.75) is 20.0 Å². The Morgan fingerprint density at radius 2 is 2.07 bits per heavy atom. The Bertz CT molecular complexity index is 330. The molecule has 1 unspecified atom stereocenters. The number of hydrogen-bond donors (Lipinski definition) is 1. The lowest BCUT2D eigenvalue weighted by molar-refractivity contribution is 0.112. The number of aromatic nitrogens is 2. The largest absolute Gasteiger partial charge is 0.374 e. The zero-order chi connectivity index (χ0) is 10.7. The van der Waals surface area contributed by atoms with Crippen LogP contribution in [0.4, 0.5) is 5.82 Å². The first kappa shape index (κ1) is 11.6. The molecule has 0 bridgehead atoms. The minimum atomic E-state index is -0.0715. The maximum Gasteiger partial charge on any atom is 0.159 e. The lowest BCUT2D eigenvalue weighted by Gasteiger charge is -2.12. The topological polar surface area (TPSA) is 47.0 Å². The molecule has 4 nitrogen and oxygen atoms in total. The number of hydrogen-bond acceptors (Lipinski definition) is 4. The van der Waals surface area contributed by atoms with E-state index in [4.69, 9.17) is 4.74 Å². The Labute approximate surface area is 97.6 Å². The second-order valence-electron chi connectivity index (χ2n) is 2.96. The van der Waals surface area contributed by atoms with Crippen LogP contribution in [-0.4, -0.2) is 24.1 Å². The molecule has 0 amide bonds. The summed E-state index contributed by atoms with van der Waals surface area (Å²) in [7, 11) is 3.51. The number of anilines is 1. The number of rotatable bonds is 3. The van der Waals surface area contributed by atoms with Crippen molar-refractivity contribution in [1.29, 1.82) is 0 Å². The van der Waals surface area contributed by atoms with Crippen LogP contribution < -0.4 is 5.32 Å². The van der Waals surface area contributed by atoms with E-state index >= 15 is 0 Å². The summed E-state index contributed by atoms with van der Waals surface area (Å²) >= 11 is 2.23. The van der Waals surface area contributed by atoms with Gasteiger partial charge < -0.3 is 10.1 Å². The van der Waals surface area contributed by atoms with Gasteiger partial charge in [0.1, 0.15) is 11.9 Å².